The standard InChI is InChI=1S/C22H23FN6O3S/c1-14-2-4-16-21-18(11-25-22(16)26-14)27-20(13-28-6-8-32-9-7-28)29(21)12-15-3-5-19(17(23)10-15)33(24,30)31/h2-5,10-11H,6-9,12-13H2,1H3,(H2,24,30,31). The molecule has 0 atom stereocenters. The first kappa shape index (κ1) is 21.8. The molecule has 172 valence electrons. The van der Waals surface area contributed by atoms with Crippen LogP contribution in [0.1, 0.15) is 17.1 Å². The minimum atomic E-state index is -4.14. The Balaban J connectivity index is 1.64. The van der Waals surface area contributed by atoms with Crippen LogP contribution in [0, 0.1) is 12.7 Å². The Kier molecular flexibility index (Phi) is 5.57. The van der Waals surface area contributed by atoms with E-state index in [-0.39, 0.29) is 0 Å². The maximum Gasteiger partial charge on any atom is 0.240 e. The molecule has 1 aromatic carbocycles. The van der Waals surface area contributed by atoms with Gasteiger partial charge in [0.25, 0.3) is 0 Å². The van der Waals surface area contributed by atoms with Crippen molar-refractivity contribution in [3.63, 3.8) is 0 Å². The summed E-state index contributed by atoms with van der Waals surface area (Å²) in [6.07, 6.45) is 1.70. The third kappa shape index (κ3) is 4.32. The molecule has 9 nitrogen and oxygen atoms in total. The predicted molar refractivity (Wildman–Crippen MR) is 121 cm³/mol. The molecule has 0 aliphatic carbocycles. The van der Waals surface area contributed by atoms with Crippen LogP contribution in [-0.2, 0) is 27.8 Å². The number of fused-ring (bicyclic) bond motifs is 3. The highest BCUT2D eigenvalue weighted by molar-refractivity contribution is 7.89. The molecule has 1 aliphatic rings. The van der Waals surface area contributed by atoms with Crippen molar-refractivity contribution in [1.29, 1.82) is 0 Å². The number of primary sulfonamides is 1. The van der Waals surface area contributed by atoms with E-state index in [4.69, 9.17) is 14.9 Å². The molecule has 1 fully saturated rings. The van der Waals surface area contributed by atoms with E-state index in [1.54, 1.807) is 12.3 Å². The van der Waals surface area contributed by atoms with Gasteiger partial charge in [0.15, 0.2) is 5.65 Å². The van der Waals surface area contributed by atoms with Gasteiger partial charge in [-0.05, 0) is 36.8 Å². The number of pyridine rings is 2. The van der Waals surface area contributed by atoms with Crippen molar-refractivity contribution in [2.75, 3.05) is 26.3 Å². The smallest absolute Gasteiger partial charge is 0.240 e. The van der Waals surface area contributed by atoms with Crippen molar-refractivity contribution < 1.29 is 17.5 Å². The molecule has 0 spiro atoms. The zero-order chi connectivity index (χ0) is 23.2. The van der Waals surface area contributed by atoms with Crippen LogP contribution < -0.4 is 5.14 Å². The second-order valence-electron chi connectivity index (χ2n) is 8.13. The van der Waals surface area contributed by atoms with Crippen LogP contribution >= 0.6 is 0 Å². The molecule has 0 unspecified atom stereocenters. The normalized spacial score (nSPS) is 15.5. The zero-order valence-electron chi connectivity index (χ0n) is 18.0. The fourth-order valence-electron chi connectivity index (χ4n) is 4.15. The van der Waals surface area contributed by atoms with Crippen LogP contribution in [0.5, 0.6) is 0 Å². The molecule has 0 saturated carbocycles. The van der Waals surface area contributed by atoms with Gasteiger partial charge in [0, 0.05) is 30.7 Å². The number of sulfonamides is 1. The first-order chi connectivity index (χ1) is 15.8. The highest BCUT2D eigenvalue weighted by atomic mass is 32.2. The SMILES string of the molecule is Cc1ccc2c(ncc3nc(CN4CCOCC4)n(Cc4ccc(S(N)(=O)=O)c(F)c4)c32)n1. The minimum Gasteiger partial charge on any atom is -0.379 e. The number of imidazole rings is 1. The number of morpholine rings is 1. The molecule has 0 bridgehead atoms. The number of halogens is 1. The highest BCUT2D eigenvalue weighted by Crippen LogP contribution is 2.27. The van der Waals surface area contributed by atoms with Gasteiger partial charge in [-0.2, -0.15) is 0 Å². The van der Waals surface area contributed by atoms with E-state index in [0.29, 0.717) is 37.5 Å². The van der Waals surface area contributed by atoms with E-state index < -0.39 is 20.7 Å². The Hall–Kier alpha value is -2.99. The van der Waals surface area contributed by atoms with Crippen molar-refractivity contribution in [2.24, 2.45) is 5.14 Å². The van der Waals surface area contributed by atoms with Gasteiger partial charge in [-0.1, -0.05) is 6.07 Å². The molecular weight excluding hydrogens is 447 g/mol. The fourth-order valence-corrected chi connectivity index (χ4v) is 4.74. The van der Waals surface area contributed by atoms with E-state index >= 15 is 0 Å². The summed E-state index contributed by atoms with van der Waals surface area (Å²) < 4.78 is 45.2. The van der Waals surface area contributed by atoms with Gasteiger partial charge in [0.2, 0.25) is 10.0 Å². The molecule has 1 aliphatic heterocycles. The van der Waals surface area contributed by atoms with Crippen LogP contribution in [-0.4, -0.2) is 59.1 Å². The summed E-state index contributed by atoms with van der Waals surface area (Å²) in [5, 5.41) is 5.96. The van der Waals surface area contributed by atoms with Crippen LogP contribution in [0.3, 0.4) is 0 Å². The van der Waals surface area contributed by atoms with Crippen LogP contribution in [0.15, 0.2) is 41.4 Å². The zero-order valence-corrected chi connectivity index (χ0v) is 18.8. The summed E-state index contributed by atoms with van der Waals surface area (Å²) in [4.78, 5) is 15.6. The lowest BCUT2D eigenvalue weighted by Gasteiger charge is -2.26. The molecule has 0 radical (unpaired) electrons. The summed E-state index contributed by atoms with van der Waals surface area (Å²) in [5.41, 5.74) is 3.63. The lowest BCUT2D eigenvalue weighted by Crippen LogP contribution is -2.36. The molecule has 5 rings (SSSR count). The van der Waals surface area contributed by atoms with Gasteiger partial charge in [0.1, 0.15) is 22.1 Å². The summed E-state index contributed by atoms with van der Waals surface area (Å²) in [7, 11) is -4.14. The largest absolute Gasteiger partial charge is 0.379 e. The summed E-state index contributed by atoms with van der Waals surface area (Å²) >= 11 is 0. The van der Waals surface area contributed by atoms with Crippen molar-refractivity contribution >= 4 is 32.1 Å². The van der Waals surface area contributed by atoms with Gasteiger partial charge < -0.3 is 9.30 Å². The highest BCUT2D eigenvalue weighted by Gasteiger charge is 2.20. The molecule has 11 heteroatoms. The molecule has 4 aromatic rings. The Labute approximate surface area is 190 Å². The number of hydrogen-bond donors (Lipinski definition) is 1. The maximum atomic E-state index is 14.5. The van der Waals surface area contributed by atoms with E-state index in [1.807, 2.05) is 23.6 Å². The summed E-state index contributed by atoms with van der Waals surface area (Å²) in [6.45, 7) is 5.70. The third-order valence-corrected chi connectivity index (χ3v) is 6.71. The molecule has 33 heavy (non-hydrogen) atoms. The average Bonchev–Trinajstić information content (AvgIpc) is 3.10. The average molecular weight is 471 g/mol. The second-order valence-corrected chi connectivity index (χ2v) is 9.66. The van der Waals surface area contributed by atoms with Crippen LogP contribution in [0.2, 0.25) is 0 Å². The van der Waals surface area contributed by atoms with E-state index in [0.717, 1.165) is 41.0 Å². The van der Waals surface area contributed by atoms with Crippen molar-refractivity contribution in [2.45, 2.75) is 24.9 Å². The molecule has 1 saturated heterocycles. The number of hydrogen-bond acceptors (Lipinski definition) is 7. The molecule has 4 heterocycles. The fraction of sp³-hybridized carbons (Fsp3) is 0.318. The summed E-state index contributed by atoms with van der Waals surface area (Å²) in [6, 6.07) is 7.86. The Morgan fingerprint density at radius 1 is 1.12 bits per heavy atom. The van der Waals surface area contributed by atoms with Gasteiger partial charge >= 0.3 is 0 Å². The predicted octanol–water partition coefficient (Wildman–Crippen LogP) is 1.95. The van der Waals surface area contributed by atoms with Gasteiger partial charge in [0.05, 0.1) is 31.5 Å². The lowest BCUT2D eigenvalue weighted by molar-refractivity contribution is 0.0327. The molecule has 2 N–H and O–H groups in total. The van der Waals surface area contributed by atoms with Gasteiger partial charge in [-0.25, -0.2) is 32.9 Å². The first-order valence-corrected chi connectivity index (χ1v) is 12.1. The Morgan fingerprint density at radius 2 is 1.91 bits per heavy atom. The lowest BCUT2D eigenvalue weighted by atomic mass is 10.2. The van der Waals surface area contributed by atoms with E-state index in [2.05, 4.69) is 14.9 Å². The quantitative estimate of drug-likeness (QED) is 0.474. The van der Waals surface area contributed by atoms with E-state index in [1.165, 1.54) is 12.1 Å². The number of ether oxygens (including phenoxy) is 1. The van der Waals surface area contributed by atoms with Gasteiger partial charge in [-0.15, -0.1) is 0 Å². The third-order valence-electron chi connectivity index (χ3n) is 5.76. The molecule has 3 aromatic heterocycles. The number of benzene rings is 1. The minimum absolute atomic E-state index is 0.297. The van der Waals surface area contributed by atoms with Crippen LogP contribution in [0.25, 0.3) is 22.1 Å². The maximum absolute atomic E-state index is 14.5. The number of aryl methyl sites for hydroxylation is 1. The first-order valence-electron chi connectivity index (χ1n) is 10.5. The number of nitrogens with two attached hydrogens (primary N) is 1. The number of nitrogens with zero attached hydrogens (tertiary/aromatic N) is 5. The van der Waals surface area contributed by atoms with Crippen LogP contribution in [0.4, 0.5) is 4.39 Å². The monoisotopic (exact) mass is 470 g/mol. The topological polar surface area (TPSA) is 116 Å². The Morgan fingerprint density at radius 3 is 2.64 bits per heavy atom. The van der Waals surface area contributed by atoms with E-state index in [9.17, 15) is 12.8 Å². The van der Waals surface area contributed by atoms with Gasteiger partial charge in [-0.3, -0.25) is 4.90 Å². The molecular formula is C22H23FN6O3S. The van der Waals surface area contributed by atoms with Crippen molar-refractivity contribution in [1.82, 2.24) is 24.4 Å². The number of aromatic nitrogens is 4. The summed E-state index contributed by atoms with van der Waals surface area (Å²) in [5.74, 6) is -0.0735. The van der Waals surface area contributed by atoms with Crippen molar-refractivity contribution in [3.05, 3.63) is 59.4 Å². The number of rotatable bonds is 5. The van der Waals surface area contributed by atoms with Crippen molar-refractivity contribution in [3.8, 4) is 0 Å². The Bertz CT molecular complexity index is 1460. The molecule has 0 amide bonds. The second kappa shape index (κ2) is 8.41.